The number of benzene rings is 1. The number of aliphatic hydroxyl groups is 1. The van der Waals surface area contributed by atoms with Crippen molar-refractivity contribution in [2.24, 2.45) is 5.92 Å². The minimum atomic E-state index is -0.862. The van der Waals surface area contributed by atoms with Crippen molar-refractivity contribution in [2.45, 2.75) is 26.9 Å². The van der Waals surface area contributed by atoms with E-state index in [0.29, 0.717) is 12.1 Å². The number of nitrogens with zero attached hydrogens (tertiary/aromatic N) is 1. The molecule has 0 aliphatic rings. The van der Waals surface area contributed by atoms with Crippen LogP contribution in [0.2, 0.25) is 0 Å². The lowest BCUT2D eigenvalue weighted by atomic mass is 10.1. The molecule has 6 heteroatoms. The molecular formula is C18H23FN2O2S. The topological polar surface area (TPSA) is 52.6 Å². The zero-order chi connectivity index (χ0) is 17.7. The van der Waals surface area contributed by atoms with E-state index in [4.69, 9.17) is 0 Å². The molecule has 4 nitrogen and oxygen atoms in total. The highest BCUT2D eigenvalue weighted by atomic mass is 32.1. The second kappa shape index (κ2) is 8.26. The van der Waals surface area contributed by atoms with Crippen LogP contribution in [0, 0.1) is 18.7 Å². The molecule has 2 aromatic rings. The number of rotatable bonds is 6. The van der Waals surface area contributed by atoms with Crippen molar-refractivity contribution < 1.29 is 14.3 Å². The number of aryl methyl sites for hydroxylation is 1. The van der Waals surface area contributed by atoms with Crippen molar-refractivity contribution in [1.82, 2.24) is 4.90 Å². The molecule has 0 fully saturated rings. The van der Waals surface area contributed by atoms with Crippen LogP contribution in [0.4, 0.5) is 14.9 Å². The number of carbonyl (C=O) groups is 1. The number of thiophene rings is 1. The lowest BCUT2D eigenvalue weighted by molar-refractivity contribution is 0.121. The average Bonchev–Trinajstić information content (AvgIpc) is 2.92. The van der Waals surface area contributed by atoms with Gasteiger partial charge in [0.05, 0.1) is 18.3 Å². The zero-order valence-corrected chi connectivity index (χ0v) is 14.9. The van der Waals surface area contributed by atoms with Gasteiger partial charge in [0.1, 0.15) is 5.82 Å². The Morgan fingerprint density at radius 3 is 2.46 bits per heavy atom. The summed E-state index contributed by atoms with van der Waals surface area (Å²) < 4.78 is 13.0. The molecule has 0 aliphatic carbocycles. The minimum absolute atomic E-state index is 0.152. The minimum Gasteiger partial charge on any atom is -0.387 e. The largest absolute Gasteiger partial charge is 0.387 e. The van der Waals surface area contributed by atoms with Crippen molar-refractivity contribution in [3.8, 4) is 0 Å². The van der Waals surface area contributed by atoms with E-state index >= 15 is 0 Å². The van der Waals surface area contributed by atoms with E-state index in [1.54, 1.807) is 4.90 Å². The summed E-state index contributed by atoms with van der Waals surface area (Å²) in [6.45, 7) is 6.64. The van der Waals surface area contributed by atoms with Crippen molar-refractivity contribution in [3.05, 3.63) is 52.0 Å². The molecule has 2 N–H and O–H groups in total. The Labute approximate surface area is 145 Å². The molecule has 2 rings (SSSR count). The van der Waals surface area contributed by atoms with Gasteiger partial charge in [-0.05, 0) is 41.5 Å². The molecule has 0 saturated carbocycles. The van der Waals surface area contributed by atoms with Crippen molar-refractivity contribution >= 4 is 23.1 Å². The average molecular weight is 350 g/mol. The van der Waals surface area contributed by atoms with Crippen LogP contribution in [-0.4, -0.2) is 29.1 Å². The molecule has 1 aromatic carbocycles. The van der Waals surface area contributed by atoms with Crippen molar-refractivity contribution in [1.29, 1.82) is 0 Å². The summed E-state index contributed by atoms with van der Waals surface area (Å²) in [6.07, 6.45) is -0.862. The van der Waals surface area contributed by atoms with Gasteiger partial charge >= 0.3 is 6.03 Å². The molecule has 0 saturated heterocycles. The molecule has 24 heavy (non-hydrogen) atoms. The van der Waals surface area contributed by atoms with E-state index < -0.39 is 6.10 Å². The Morgan fingerprint density at radius 1 is 1.25 bits per heavy atom. The Bertz CT molecular complexity index is 670. The van der Waals surface area contributed by atoms with Gasteiger partial charge in [-0.25, -0.2) is 9.18 Å². The quantitative estimate of drug-likeness (QED) is 0.810. The molecule has 0 bridgehead atoms. The second-order valence-electron chi connectivity index (χ2n) is 6.26. The molecule has 0 aliphatic heterocycles. The summed E-state index contributed by atoms with van der Waals surface area (Å²) in [6, 6.07) is 5.44. The fourth-order valence-electron chi connectivity index (χ4n) is 2.36. The fraction of sp³-hybridized carbons (Fsp3) is 0.389. The van der Waals surface area contributed by atoms with Gasteiger partial charge < -0.3 is 15.3 Å². The fourth-order valence-corrected chi connectivity index (χ4v) is 3.14. The van der Waals surface area contributed by atoms with Gasteiger partial charge in [0.2, 0.25) is 0 Å². The smallest absolute Gasteiger partial charge is 0.321 e. The standard InChI is InChI=1S/C18H23FN2O2S/c1-12(2)8-21(18(23)20-16-11-24-10-13(16)3)9-17(22)14-4-6-15(19)7-5-14/h4-7,10-12,17,22H,8-9H2,1-3H3,(H,20,23). The lowest BCUT2D eigenvalue weighted by Gasteiger charge is -2.27. The van der Waals surface area contributed by atoms with Crippen molar-refractivity contribution in [2.75, 3.05) is 18.4 Å². The van der Waals surface area contributed by atoms with E-state index in [1.807, 2.05) is 31.5 Å². The van der Waals surface area contributed by atoms with Gasteiger partial charge in [-0.3, -0.25) is 0 Å². The molecule has 0 spiro atoms. The molecule has 1 aromatic heterocycles. The van der Waals surface area contributed by atoms with Crippen LogP contribution >= 0.6 is 11.3 Å². The van der Waals surface area contributed by atoms with Gasteiger partial charge in [-0.15, -0.1) is 11.3 Å². The van der Waals surface area contributed by atoms with Crippen LogP contribution in [0.5, 0.6) is 0 Å². The summed E-state index contributed by atoms with van der Waals surface area (Å²) in [7, 11) is 0. The van der Waals surface area contributed by atoms with Crippen LogP contribution in [0.25, 0.3) is 0 Å². The van der Waals surface area contributed by atoms with E-state index in [-0.39, 0.29) is 24.3 Å². The van der Waals surface area contributed by atoms with Gasteiger partial charge in [0.25, 0.3) is 0 Å². The Balaban J connectivity index is 2.08. The summed E-state index contributed by atoms with van der Waals surface area (Å²) in [4.78, 5) is 14.2. The molecule has 0 radical (unpaired) electrons. The first-order chi connectivity index (χ1) is 11.4. The normalized spacial score (nSPS) is 12.2. The van der Waals surface area contributed by atoms with E-state index in [1.165, 1.54) is 35.6 Å². The third-order valence-corrected chi connectivity index (χ3v) is 4.48. The van der Waals surface area contributed by atoms with Gasteiger partial charge in [-0.1, -0.05) is 26.0 Å². The van der Waals surface area contributed by atoms with Gasteiger partial charge in [0, 0.05) is 11.9 Å². The first-order valence-electron chi connectivity index (χ1n) is 7.89. The first kappa shape index (κ1) is 18.4. The highest BCUT2D eigenvalue weighted by Gasteiger charge is 2.20. The van der Waals surface area contributed by atoms with Gasteiger partial charge in [-0.2, -0.15) is 0 Å². The monoisotopic (exact) mass is 350 g/mol. The number of hydrogen-bond donors (Lipinski definition) is 2. The van der Waals surface area contributed by atoms with E-state index in [2.05, 4.69) is 5.32 Å². The second-order valence-corrected chi connectivity index (χ2v) is 7.01. The maximum Gasteiger partial charge on any atom is 0.321 e. The zero-order valence-electron chi connectivity index (χ0n) is 14.1. The predicted octanol–water partition coefficient (Wildman–Crippen LogP) is 4.42. The molecule has 2 amide bonds. The summed E-state index contributed by atoms with van der Waals surface area (Å²) in [5, 5.41) is 17.1. The first-order valence-corrected chi connectivity index (χ1v) is 8.83. The van der Waals surface area contributed by atoms with Crippen LogP contribution in [-0.2, 0) is 0 Å². The Hall–Kier alpha value is -1.92. The lowest BCUT2D eigenvalue weighted by Crippen LogP contribution is -2.40. The summed E-state index contributed by atoms with van der Waals surface area (Å²) in [5.74, 6) is -0.0876. The molecular weight excluding hydrogens is 327 g/mol. The van der Waals surface area contributed by atoms with Crippen LogP contribution in [0.1, 0.15) is 31.1 Å². The van der Waals surface area contributed by atoms with Crippen LogP contribution < -0.4 is 5.32 Å². The molecule has 1 atom stereocenters. The summed E-state index contributed by atoms with van der Waals surface area (Å²) >= 11 is 1.53. The van der Waals surface area contributed by atoms with Gasteiger partial charge in [0.15, 0.2) is 0 Å². The number of hydrogen-bond acceptors (Lipinski definition) is 3. The highest BCUT2D eigenvalue weighted by Crippen LogP contribution is 2.21. The Morgan fingerprint density at radius 2 is 1.92 bits per heavy atom. The molecule has 1 unspecified atom stereocenters. The maximum absolute atomic E-state index is 13.0. The van der Waals surface area contributed by atoms with E-state index in [9.17, 15) is 14.3 Å². The number of nitrogens with one attached hydrogen (secondary N) is 1. The molecule has 130 valence electrons. The van der Waals surface area contributed by atoms with Crippen molar-refractivity contribution in [3.63, 3.8) is 0 Å². The third-order valence-electron chi connectivity index (χ3n) is 3.62. The predicted molar refractivity (Wildman–Crippen MR) is 95.8 cm³/mol. The van der Waals surface area contributed by atoms with E-state index in [0.717, 1.165) is 11.3 Å². The number of amides is 2. The van der Waals surface area contributed by atoms with Crippen LogP contribution in [0.3, 0.4) is 0 Å². The Kier molecular flexibility index (Phi) is 6.34. The third kappa shape index (κ3) is 5.04. The number of anilines is 1. The number of halogens is 1. The van der Waals surface area contributed by atoms with Crippen LogP contribution in [0.15, 0.2) is 35.0 Å². The number of carbonyl (C=O) groups excluding carboxylic acids is 1. The molecule has 1 heterocycles. The summed E-state index contributed by atoms with van der Waals surface area (Å²) in [5.41, 5.74) is 2.39. The maximum atomic E-state index is 13.0. The number of urea groups is 1. The highest BCUT2D eigenvalue weighted by molar-refractivity contribution is 7.08. The SMILES string of the molecule is Cc1cscc1NC(=O)N(CC(C)C)CC(O)c1ccc(F)cc1. The number of aliphatic hydroxyl groups excluding tert-OH is 1.